The third-order valence-electron chi connectivity index (χ3n) is 4.48. The van der Waals surface area contributed by atoms with Crippen molar-refractivity contribution < 1.29 is 13.2 Å². The number of hydrogen-bond acceptors (Lipinski definition) is 4. The van der Waals surface area contributed by atoms with Gasteiger partial charge < -0.3 is 10.1 Å². The lowest BCUT2D eigenvalue weighted by Gasteiger charge is -2.45. The standard InChI is InChI=1S/C16H33NO3S/c1-5-11-17-15(9-12-21(4,18)19)16(20-6-2)10-7-8-14(3)13-16/h14-15,17H,5-13H2,1-4H3. The molecule has 126 valence electrons. The molecule has 1 saturated carbocycles. The molecule has 0 aromatic rings. The van der Waals surface area contributed by atoms with Gasteiger partial charge in [-0.3, -0.25) is 0 Å². The molecule has 0 heterocycles. The van der Waals surface area contributed by atoms with Crippen LogP contribution in [0.3, 0.4) is 0 Å². The minimum Gasteiger partial charge on any atom is -0.374 e. The van der Waals surface area contributed by atoms with E-state index in [2.05, 4.69) is 19.2 Å². The summed E-state index contributed by atoms with van der Waals surface area (Å²) in [4.78, 5) is 0. The summed E-state index contributed by atoms with van der Waals surface area (Å²) in [5.74, 6) is 0.881. The predicted molar refractivity (Wildman–Crippen MR) is 88.4 cm³/mol. The Hall–Kier alpha value is -0.130. The van der Waals surface area contributed by atoms with Gasteiger partial charge in [-0.1, -0.05) is 26.7 Å². The molecule has 21 heavy (non-hydrogen) atoms. The van der Waals surface area contributed by atoms with Crippen LogP contribution in [0.5, 0.6) is 0 Å². The van der Waals surface area contributed by atoms with Gasteiger partial charge in [0.15, 0.2) is 0 Å². The van der Waals surface area contributed by atoms with Gasteiger partial charge in [-0.05, 0) is 45.1 Å². The second kappa shape index (κ2) is 8.49. The van der Waals surface area contributed by atoms with Crippen molar-refractivity contribution in [1.82, 2.24) is 5.32 Å². The molecule has 1 rings (SSSR count). The van der Waals surface area contributed by atoms with Crippen LogP contribution in [0, 0.1) is 5.92 Å². The molecule has 0 aromatic heterocycles. The molecule has 0 aliphatic heterocycles. The summed E-state index contributed by atoms with van der Waals surface area (Å²) in [6, 6.07) is 0.134. The van der Waals surface area contributed by atoms with Gasteiger partial charge in [0.2, 0.25) is 0 Å². The molecule has 3 unspecified atom stereocenters. The van der Waals surface area contributed by atoms with E-state index in [1.165, 1.54) is 19.1 Å². The molecule has 0 saturated heterocycles. The Balaban J connectivity index is 2.87. The second-order valence-corrected chi connectivity index (χ2v) is 8.88. The highest BCUT2D eigenvalue weighted by atomic mass is 32.2. The van der Waals surface area contributed by atoms with Gasteiger partial charge in [-0.25, -0.2) is 8.42 Å². The second-order valence-electron chi connectivity index (χ2n) is 6.62. The van der Waals surface area contributed by atoms with Gasteiger partial charge >= 0.3 is 0 Å². The van der Waals surface area contributed by atoms with Crippen molar-refractivity contribution in [2.45, 2.75) is 70.9 Å². The van der Waals surface area contributed by atoms with Crippen molar-refractivity contribution in [1.29, 1.82) is 0 Å². The van der Waals surface area contributed by atoms with E-state index >= 15 is 0 Å². The summed E-state index contributed by atoms with van der Waals surface area (Å²) in [7, 11) is -2.93. The molecular formula is C16H33NO3S. The smallest absolute Gasteiger partial charge is 0.147 e. The molecule has 1 fully saturated rings. The van der Waals surface area contributed by atoms with Crippen molar-refractivity contribution in [2.75, 3.05) is 25.2 Å². The summed E-state index contributed by atoms with van der Waals surface area (Å²) < 4.78 is 29.3. The van der Waals surface area contributed by atoms with Gasteiger partial charge in [0.1, 0.15) is 9.84 Å². The Bertz CT molecular complexity index is 392. The van der Waals surface area contributed by atoms with Crippen LogP contribution in [0.4, 0.5) is 0 Å². The molecule has 3 atom stereocenters. The lowest BCUT2D eigenvalue weighted by Crippen LogP contribution is -2.55. The third kappa shape index (κ3) is 6.25. The molecule has 1 aliphatic rings. The van der Waals surface area contributed by atoms with E-state index in [1.807, 2.05) is 6.92 Å². The zero-order valence-electron chi connectivity index (χ0n) is 14.2. The Labute approximate surface area is 130 Å². The van der Waals surface area contributed by atoms with Gasteiger partial charge in [0, 0.05) is 18.9 Å². The maximum Gasteiger partial charge on any atom is 0.147 e. The summed E-state index contributed by atoms with van der Waals surface area (Å²) in [6.07, 6.45) is 7.51. The lowest BCUT2D eigenvalue weighted by atomic mass is 9.73. The molecule has 0 radical (unpaired) electrons. The van der Waals surface area contributed by atoms with E-state index in [0.717, 1.165) is 25.8 Å². The maximum absolute atomic E-state index is 11.6. The summed E-state index contributed by atoms with van der Waals surface area (Å²) in [6.45, 7) is 8.06. The molecular weight excluding hydrogens is 286 g/mol. The number of ether oxygens (including phenoxy) is 1. The number of sulfone groups is 1. The van der Waals surface area contributed by atoms with Crippen molar-refractivity contribution in [3.8, 4) is 0 Å². The van der Waals surface area contributed by atoms with Crippen LogP contribution in [0.2, 0.25) is 0 Å². The van der Waals surface area contributed by atoms with Crippen molar-refractivity contribution >= 4 is 9.84 Å². The van der Waals surface area contributed by atoms with E-state index < -0.39 is 9.84 Å². The highest BCUT2D eigenvalue weighted by Gasteiger charge is 2.42. The van der Waals surface area contributed by atoms with E-state index in [1.54, 1.807) is 0 Å². The van der Waals surface area contributed by atoms with Crippen LogP contribution in [0.15, 0.2) is 0 Å². The molecule has 1 aliphatic carbocycles. The topological polar surface area (TPSA) is 55.4 Å². The first kappa shape index (κ1) is 18.9. The highest BCUT2D eigenvalue weighted by Crippen LogP contribution is 2.38. The molecule has 0 aromatic carbocycles. The normalized spacial score (nSPS) is 28.5. The minimum absolute atomic E-state index is 0.134. The first-order valence-electron chi connectivity index (χ1n) is 8.38. The van der Waals surface area contributed by atoms with Crippen LogP contribution >= 0.6 is 0 Å². The Morgan fingerprint density at radius 3 is 2.62 bits per heavy atom. The molecule has 0 amide bonds. The molecule has 0 bridgehead atoms. The number of nitrogens with one attached hydrogen (secondary N) is 1. The van der Waals surface area contributed by atoms with Gasteiger partial charge in [0.25, 0.3) is 0 Å². The number of rotatable bonds is 9. The van der Waals surface area contributed by atoms with Crippen LogP contribution in [-0.4, -0.2) is 45.2 Å². The lowest BCUT2D eigenvalue weighted by molar-refractivity contribution is -0.101. The minimum atomic E-state index is -2.93. The summed E-state index contributed by atoms with van der Waals surface area (Å²) in [5.41, 5.74) is -0.188. The van der Waals surface area contributed by atoms with Gasteiger partial charge in [-0.2, -0.15) is 0 Å². The predicted octanol–water partition coefficient (Wildman–Crippen LogP) is 2.77. The quantitative estimate of drug-likeness (QED) is 0.710. The van der Waals surface area contributed by atoms with Gasteiger partial charge in [0.05, 0.1) is 11.4 Å². The average molecular weight is 320 g/mol. The zero-order chi connectivity index (χ0) is 15.9. The fourth-order valence-electron chi connectivity index (χ4n) is 3.58. The Morgan fingerprint density at radius 2 is 2.10 bits per heavy atom. The van der Waals surface area contributed by atoms with E-state index in [4.69, 9.17) is 4.74 Å². The fraction of sp³-hybridized carbons (Fsp3) is 1.00. The van der Waals surface area contributed by atoms with Crippen molar-refractivity contribution in [3.05, 3.63) is 0 Å². The average Bonchev–Trinajstić information content (AvgIpc) is 2.37. The van der Waals surface area contributed by atoms with Crippen LogP contribution in [0.1, 0.15) is 59.3 Å². The van der Waals surface area contributed by atoms with Crippen LogP contribution < -0.4 is 5.32 Å². The van der Waals surface area contributed by atoms with E-state index in [-0.39, 0.29) is 17.4 Å². The van der Waals surface area contributed by atoms with E-state index in [9.17, 15) is 8.42 Å². The first-order chi connectivity index (χ1) is 9.83. The molecule has 0 spiro atoms. The summed E-state index contributed by atoms with van der Waals surface area (Å²) in [5, 5.41) is 3.57. The maximum atomic E-state index is 11.6. The van der Waals surface area contributed by atoms with Crippen LogP contribution in [0.25, 0.3) is 0 Å². The monoisotopic (exact) mass is 319 g/mol. The first-order valence-corrected chi connectivity index (χ1v) is 10.4. The molecule has 5 heteroatoms. The fourth-order valence-corrected chi connectivity index (χ4v) is 4.24. The number of hydrogen-bond donors (Lipinski definition) is 1. The molecule has 1 N–H and O–H groups in total. The van der Waals surface area contributed by atoms with Crippen molar-refractivity contribution in [2.24, 2.45) is 5.92 Å². The Kier molecular flexibility index (Phi) is 7.65. The van der Waals surface area contributed by atoms with Gasteiger partial charge in [-0.15, -0.1) is 0 Å². The third-order valence-corrected chi connectivity index (χ3v) is 5.45. The molecule has 4 nitrogen and oxygen atoms in total. The largest absolute Gasteiger partial charge is 0.374 e. The Morgan fingerprint density at radius 1 is 1.38 bits per heavy atom. The highest BCUT2D eigenvalue weighted by molar-refractivity contribution is 7.90. The SMILES string of the molecule is CCCNC(CCS(C)(=O)=O)C1(OCC)CCCC(C)C1. The van der Waals surface area contributed by atoms with Crippen molar-refractivity contribution in [3.63, 3.8) is 0 Å². The summed E-state index contributed by atoms with van der Waals surface area (Å²) >= 11 is 0. The van der Waals surface area contributed by atoms with Crippen LogP contribution in [-0.2, 0) is 14.6 Å². The zero-order valence-corrected chi connectivity index (χ0v) is 15.0. The van der Waals surface area contributed by atoms with E-state index in [0.29, 0.717) is 18.9 Å².